The molecule has 3 aliphatic heterocycles. The maximum Gasteiger partial charge on any atom is 0.321 e. The fourth-order valence-corrected chi connectivity index (χ4v) is 12.7. The second-order valence-corrected chi connectivity index (χ2v) is 23.0. The highest BCUT2D eigenvalue weighted by Crippen LogP contribution is 2.53. The second kappa shape index (κ2) is 22.3. The Morgan fingerprint density at radius 1 is 0.947 bits per heavy atom. The Labute approximate surface area is 443 Å². The molecule has 3 saturated heterocycles. The molecule has 3 amide bonds. The highest BCUT2D eigenvalue weighted by molar-refractivity contribution is 7.90. The SMILES string of the molecule is COc1ccc(CN2CCN(C3CC4(CCN(c5ccc(C(=O)NS(=O)(=O)c6ccc(NC(=O)N(C)CC7CCOCC7)c([N+](=O)[O-])c6)c(Oc6cnc7[nH]ccc7c6)c5)CC4)C3)[C@H](c3ccccc3C(C)C)C2)cc1. The van der Waals surface area contributed by atoms with Gasteiger partial charge in [-0.2, -0.15) is 0 Å². The fourth-order valence-electron chi connectivity index (χ4n) is 11.7. The predicted molar refractivity (Wildman–Crippen MR) is 291 cm³/mol. The van der Waals surface area contributed by atoms with Gasteiger partial charge in [0.25, 0.3) is 21.6 Å². The Bertz CT molecular complexity index is 3180. The van der Waals surface area contributed by atoms with E-state index in [1.54, 1.807) is 44.6 Å². The number of nitrogens with zero attached hydrogens (tertiary/aromatic N) is 6. The van der Waals surface area contributed by atoms with Crippen molar-refractivity contribution < 1.29 is 37.1 Å². The quantitative estimate of drug-likeness (QED) is 0.0611. The minimum Gasteiger partial charge on any atom is -0.497 e. The number of anilines is 2. The van der Waals surface area contributed by atoms with E-state index in [1.165, 1.54) is 27.8 Å². The number of methoxy groups -OCH3 is 1. The van der Waals surface area contributed by atoms with Crippen LogP contribution in [-0.2, 0) is 21.3 Å². The number of fused-ring (bicyclic) bond motifs is 1. The van der Waals surface area contributed by atoms with Gasteiger partial charge in [-0.1, -0.05) is 50.2 Å². The molecule has 1 spiro atoms. The minimum atomic E-state index is -4.68. The Morgan fingerprint density at radius 2 is 1.71 bits per heavy atom. The predicted octanol–water partition coefficient (Wildman–Crippen LogP) is 9.71. The highest BCUT2D eigenvalue weighted by atomic mass is 32.2. The number of hydrogen-bond donors (Lipinski definition) is 3. The van der Waals surface area contributed by atoms with Crippen molar-refractivity contribution in [1.82, 2.24) is 29.4 Å². The summed E-state index contributed by atoms with van der Waals surface area (Å²) < 4.78 is 47.1. The van der Waals surface area contributed by atoms with Gasteiger partial charge in [0.1, 0.15) is 28.6 Å². The van der Waals surface area contributed by atoms with Crippen LogP contribution in [0.15, 0.2) is 114 Å². The van der Waals surface area contributed by atoms with Crippen molar-refractivity contribution >= 4 is 50.1 Å². The van der Waals surface area contributed by atoms with E-state index in [2.05, 4.69) is 85.0 Å². The number of benzene rings is 4. The number of urea groups is 1. The normalized spacial score (nSPS) is 18.6. The van der Waals surface area contributed by atoms with Crippen molar-refractivity contribution in [3.8, 4) is 17.2 Å². The first kappa shape index (κ1) is 52.4. The van der Waals surface area contributed by atoms with E-state index in [0.717, 1.165) is 113 Å². The van der Waals surface area contributed by atoms with Gasteiger partial charge < -0.3 is 34.3 Å². The molecule has 2 aromatic heterocycles. The average Bonchev–Trinajstić information content (AvgIpc) is 3.91. The highest BCUT2D eigenvalue weighted by Gasteiger charge is 2.50. The zero-order valence-corrected chi connectivity index (χ0v) is 44.4. The van der Waals surface area contributed by atoms with Crippen molar-refractivity contribution in [1.29, 1.82) is 0 Å². The number of nitrogens with one attached hydrogen (secondary N) is 3. The number of nitro groups is 1. The van der Waals surface area contributed by atoms with Gasteiger partial charge in [-0.25, -0.2) is 22.9 Å². The van der Waals surface area contributed by atoms with Crippen molar-refractivity contribution in [3.05, 3.63) is 142 Å². The number of carbonyl (C=O) groups excluding carboxylic acids is 2. The van der Waals surface area contributed by atoms with Crippen LogP contribution in [0.2, 0.25) is 0 Å². The van der Waals surface area contributed by atoms with Gasteiger partial charge >= 0.3 is 6.03 Å². The molecule has 0 unspecified atom stereocenters. The number of sulfonamides is 1. The molecule has 10 rings (SSSR count). The van der Waals surface area contributed by atoms with Gasteiger partial charge in [-0.15, -0.1) is 0 Å². The third-order valence-corrected chi connectivity index (χ3v) is 17.3. The third-order valence-electron chi connectivity index (χ3n) is 16.0. The lowest BCUT2D eigenvalue weighted by atomic mass is 9.59. The van der Waals surface area contributed by atoms with Crippen LogP contribution >= 0.6 is 0 Å². The van der Waals surface area contributed by atoms with Crippen LogP contribution in [-0.4, -0.2) is 123 Å². The zero-order chi connectivity index (χ0) is 53.1. The first-order chi connectivity index (χ1) is 36.6. The van der Waals surface area contributed by atoms with Crippen LogP contribution in [0.5, 0.6) is 17.2 Å². The average molecular weight is 1050 g/mol. The van der Waals surface area contributed by atoms with Crippen molar-refractivity contribution in [3.63, 3.8) is 0 Å². The maximum atomic E-state index is 14.1. The van der Waals surface area contributed by atoms with E-state index >= 15 is 0 Å². The Hall–Kier alpha value is -7.06. The van der Waals surface area contributed by atoms with E-state index < -0.39 is 37.5 Å². The molecule has 3 N–H and O–H groups in total. The minimum absolute atomic E-state index is 0.0690. The lowest BCUT2D eigenvalue weighted by molar-refractivity contribution is -0.384. The third kappa shape index (κ3) is 11.5. The first-order valence-electron chi connectivity index (χ1n) is 26.3. The van der Waals surface area contributed by atoms with E-state index in [1.807, 2.05) is 18.2 Å². The number of pyridine rings is 1. The topological polar surface area (TPSA) is 205 Å². The smallest absolute Gasteiger partial charge is 0.321 e. The number of nitro benzene ring substituents is 1. The van der Waals surface area contributed by atoms with E-state index in [4.69, 9.17) is 14.2 Å². The van der Waals surface area contributed by atoms with Crippen LogP contribution in [0.4, 0.5) is 21.9 Å². The summed E-state index contributed by atoms with van der Waals surface area (Å²) in [5.74, 6) is 0.939. The molecule has 6 aromatic rings. The Balaban J connectivity index is 0.829. The number of aromatic nitrogens is 2. The molecule has 400 valence electrons. The van der Waals surface area contributed by atoms with Crippen molar-refractivity contribution in [2.75, 3.05) is 76.9 Å². The number of H-pyrrole nitrogens is 1. The zero-order valence-electron chi connectivity index (χ0n) is 43.6. The molecule has 1 saturated carbocycles. The van der Waals surface area contributed by atoms with Gasteiger partial charge in [0, 0.05) is 108 Å². The number of ether oxygens (including phenoxy) is 3. The van der Waals surface area contributed by atoms with Crippen LogP contribution in [0.3, 0.4) is 0 Å². The molecule has 19 heteroatoms. The molecule has 0 bridgehead atoms. The summed E-state index contributed by atoms with van der Waals surface area (Å²) in [6, 6.07) is 29.4. The van der Waals surface area contributed by atoms with Crippen LogP contribution in [0, 0.1) is 21.4 Å². The van der Waals surface area contributed by atoms with Crippen molar-refractivity contribution in [2.24, 2.45) is 11.3 Å². The first-order valence-corrected chi connectivity index (χ1v) is 27.8. The van der Waals surface area contributed by atoms with Crippen LogP contribution in [0.1, 0.15) is 91.4 Å². The van der Waals surface area contributed by atoms with Gasteiger partial charge in [0.05, 0.1) is 28.7 Å². The van der Waals surface area contributed by atoms with E-state index in [-0.39, 0.29) is 34.4 Å². The number of carbonyl (C=O) groups is 2. The number of piperazine rings is 1. The number of piperidine rings is 1. The largest absolute Gasteiger partial charge is 0.497 e. The number of amides is 3. The van der Waals surface area contributed by atoms with Crippen LogP contribution in [0.25, 0.3) is 11.0 Å². The number of hydrogen-bond acceptors (Lipinski definition) is 13. The Morgan fingerprint density at radius 3 is 2.45 bits per heavy atom. The maximum absolute atomic E-state index is 14.1. The number of rotatable bonds is 16. The number of aromatic amines is 1. The molecule has 4 fully saturated rings. The molecular weight excluding hydrogens is 987 g/mol. The summed E-state index contributed by atoms with van der Waals surface area (Å²) >= 11 is 0. The lowest BCUT2D eigenvalue weighted by Gasteiger charge is -2.58. The monoisotopic (exact) mass is 1050 g/mol. The summed E-state index contributed by atoms with van der Waals surface area (Å²) in [5.41, 5.74) is 4.89. The van der Waals surface area contributed by atoms with Gasteiger partial charge in [-0.05, 0) is 121 Å². The second-order valence-electron chi connectivity index (χ2n) is 21.3. The fraction of sp³-hybridized carbons (Fsp3) is 0.421. The van der Waals surface area contributed by atoms with E-state index in [0.29, 0.717) is 43.1 Å². The molecular formula is C57H67N9O9S. The Kier molecular flexibility index (Phi) is 15.3. The summed E-state index contributed by atoms with van der Waals surface area (Å²) in [5, 5.41) is 15.6. The lowest BCUT2D eigenvalue weighted by Crippen LogP contribution is -2.60. The molecule has 1 atom stereocenters. The van der Waals surface area contributed by atoms with Gasteiger partial charge in [0.2, 0.25) is 0 Å². The summed E-state index contributed by atoms with van der Waals surface area (Å²) in [6.45, 7) is 11.6. The van der Waals surface area contributed by atoms with Crippen LogP contribution < -0.4 is 24.4 Å². The molecule has 76 heavy (non-hydrogen) atoms. The van der Waals surface area contributed by atoms with Gasteiger partial charge in [-0.3, -0.25) is 24.7 Å². The van der Waals surface area contributed by atoms with E-state index in [9.17, 15) is 28.1 Å². The molecule has 4 aliphatic rings. The molecule has 4 aromatic carbocycles. The summed E-state index contributed by atoms with van der Waals surface area (Å²) in [4.78, 5) is 54.8. The molecule has 0 radical (unpaired) electrons. The molecule has 18 nitrogen and oxygen atoms in total. The summed E-state index contributed by atoms with van der Waals surface area (Å²) in [6.07, 6.45) is 9.12. The summed E-state index contributed by atoms with van der Waals surface area (Å²) in [7, 11) is -1.39. The standard InChI is InChI=1S/C57H67N9O9S/c1-38(2)47-7-5-6-8-48(47)52-37-63(36-39-9-12-44(73-4)13-10-39)25-26-65(52)43-32-57(33-43)20-23-64(24-21-57)42-11-15-49(53(30-42)75-45-29-41-17-22-58-54(41)59-34-45)55(67)61-76(71,72)46-14-16-50(51(31-46)66(69)70)60-56(68)62(3)35-40-18-27-74-28-19-40/h5-17,22,29-31,34,38,40,43,52H,18-21,23-28,32-33,35-37H2,1-4H3,(H,58,59)(H,60,68)(H,61,67)/t52-/m0/s1. The molecule has 5 heterocycles. The van der Waals surface area contributed by atoms with Gasteiger partial charge in [0.15, 0.2) is 0 Å². The molecule has 1 aliphatic carbocycles. The van der Waals surface area contributed by atoms with Crippen molar-refractivity contribution in [2.45, 2.75) is 81.8 Å².